The smallest absolute Gasteiger partial charge is 0.269 e. The van der Waals surface area contributed by atoms with Crippen LogP contribution < -0.4 is 9.30 Å². The summed E-state index contributed by atoms with van der Waals surface area (Å²) in [6.45, 7) is 0.569. The average molecular weight is 857 g/mol. The van der Waals surface area contributed by atoms with Gasteiger partial charge in [0.1, 0.15) is 17.3 Å². The monoisotopic (exact) mass is 856 g/mol. The van der Waals surface area contributed by atoms with Crippen LogP contribution in [0.4, 0.5) is 0 Å². The highest BCUT2D eigenvalue weighted by molar-refractivity contribution is 6.09. The van der Waals surface area contributed by atoms with E-state index in [1.807, 2.05) is 42.6 Å². The van der Waals surface area contributed by atoms with Crippen molar-refractivity contribution in [1.82, 2.24) is 14.1 Å². The van der Waals surface area contributed by atoms with Gasteiger partial charge in [0.2, 0.25) is 0 Å². The summed E-state index contributed by atoms with van der Waals surface area (Å²) < 4.78 is 154. The van der Waals surface area contributed by atoms with Gasteiger partial charge in [0, 0.05) is 31.3 Å². The van der Waals surface area contributed by atoms with Gasteiger partial charge in [-0.2, -0.15) is 0 Å². The largest absolute Gasteiger partial charge is 0.458 e. The van der Waals surface area contributed by atoms with Crippen LogP contribution in [0.5, 0.6) is 11.5 Å². The molecule has 3 aromatic heterocycles. The predicted octanol–water partition coefficient (Wildman–Crippen LogP) is 14.9. The molecule has 65 heavy (non-hydrogen) atoms. The lowest BCUT2D eigenvalue weighted by molar-refractivity contribution is -0.571. The molecule has 0 aliphatic carbocycles. The van der Waals surface area contributed by atoms with Crippen LogP contribution in [-0.2, 0) is 5.41 Å². The molecule has 0 bridgehead atoms. The van der Waals surface area contributed by atoms with E-state index in [0.717, 1.165) is 33.2 Å². The molecule has 0 saturated heterocycles. The molecule has 0 aliphatic heterocycles. The van der Waals surface area contributed by atoms with Crippen molar-refractivity contribution in [2.24, 2.45) is 0 Å². The first-order valence-electron chi connectivity index (χ1n) is 29.0. The van der Waals surface area contributed by atoms with Gasteiger partial charge in [-0.3, -0.25) is 13.7 Å². The second-order valence-corrected chi connectivity index (χ2v) is 16.7. The Morgan fingerprint density at radius 3 is 1.95 bits per heavy atom. The topological polar surface area (TPSA) is 35.9 Å². The van der Waals surface area contributed by atoms with Gasteiger partial charge < -0.3 is 4.74 Å². The fourth-order valence-electron chi connectivity index (χ4n) is 8.54. The van der Waals surface area contributed by atoms with E-state index in [1.54, 1.807) is 53.1 Å². The van der Waals surface area contributed by atoms with Gasteiger partial charge >= 0.3 is 0 Å². The van der Waals surface area contributed by atoms with Crippen LogP contribution in [0.1, 0.15) is 59.4 Å². The molecule has 11 rings (SSSR count). The Bertz CT molecular complexity index is 4240. The van der Waals surface area contributed by atoms with E-state index in [0.29, 0.717) is 28.2 Å². The number of pyridine rings is 1. The first-order chi connectivity index (χ1) is 38.3. The Hall–Kier alpha value is -8.02. The minimum Gasteiger partial charge on any atom is -0.458 e. The van der Waals surface area contributed by atoms with Gasteiger partial charge in [-0.05, 0) is 130 Å². The van der Waals surface area contributed by atoms with E-state index in [-0.39, 0.29) is 33.4 Å². The SMILES string of the molecule is [2H]c1c([2H])c([2H])c(-c2cc(-c3c(C([2H])([2H])[2H])cccc3C([2H])([2H])[2H])cc(-c3c([2H])c([2H])c([2H])c([2H])c3[2H])c2-[n+]2[c-]n(-c3cccc(Oc4ccc5c6ccccc6n(-c6cc(C(C)(C)C)ccn6)c5c4)c3)c3ccccc32)c([2H])c1[2H]. The third-order valence-electron chi connectivity index (χ3n) is 11.6. The van der Waals surface area contributed by atoms with E-state index < -0.39 is 96.4 Å². The van der Waals surface area contributed by atoms with Gasteiger partial charge in [0.25, 0.3) is 6.33 Å². The maximum Gasteiger partial charge on any atom is 0.269 e. The van der Waals surface area contributed by atoms with Gasteiger partial charge in [0.15, 0.2) is 0 Å². The molecule has 5 heteroatoms. The molecule has 0 amide bonds. The molecule has 5 nitrogen and oxygen atoms in total. The van der Waals surface area contributed by atoms with Crippen LogP contribution in [-0.4, -0.2) is 14.1 Å². The third kappa shape index (κ3) is 7.16. The molecule has 8 aromatic carbocycles. The maximum absolute atomic E-state index is 9.37. The summed E-state index contributed by atoms with van der Waals surface area (Å²) in [5.74, 6) is 1.68. The number of fused-ring (bicyclic) bond motifs is 4. The minimum atomic E-state index is -2.94. The molecule has 11 aromatic rings. The summed E-state index contributed by atoms with van der Waals surface area (Å²) in [4.78, 5) is 4.82. The van der Waals surface area contributed by atoms with Crippen LogP contribution in [0.3, 0.4) is 0 Å². The number of hydrogen-bond donors (Lipinski definition) is 0. The van der Waals surface area contributed by atoms with Crippen molar-refractivity contribution in [1.29, 1.82) is 0 Å². The number of para-hydroxylation sites is 3. The van der Waals surface area contributed by atoms with Crippen molar-refractivity contribution in [3.05, 3.63) is 223 Å². The second kappa shape index (κ2) is 16.0. The van der Waals surface area contributed by atoms with Crippen molar-refractivity contribution in [3.8, 4) is 62.1 Å². The van der Waals surface area contributed by atoms with Gasteiger partial charge in [-0.15, -0.1) is 0 Å². The zero-order chi connectivity index (χ0) is 57.9. The Labute approximate surface area is 402 Å². The molecule has 0 atom stereocenters. The lowest BCUT2D eigenvalue weighted by Crippen LogP contribution is -2.31. The summed E-state index contributed by atoms with van der Waals surface area (Å²) in [5, 5.41) is 2.03. The molecule has 314 valence electrons. The van der Waals surface area contributed by atoms with Gasteiger partial charge in [-0.1, -0.05) is 148 Å². The van der Waals surface area contributed by atoms with Gasteiger partial charge in [0.05, 0.1) is 47.1 Å². The normalized spacial score (nSPS) is 15.7. The summed E-state index contributed by atoms with van der Waals surface area (Å²) in [6, 6.07) is 31.4. The zero-order valence-electron chi connectivity index (χ0n) is 51.5. The van der Waals surface area contributed by atoms with E-state index in [2.05, 4.69) is 49.9 Å². The number of ether oxygens (including phenoxy) is 1. The van der Waals surface area contributed by atoms with E-state index in [1.165, 1.54) is 34.9 Å². The molecule has 0 aliphatic rings. The third-order valence-corrected chi connectivity index (χ3v) is 11.6. The van der Waals surface area contributed by atoms with E-state index in [9.17, 15) is 5.48 Å². The molecule has 0 N–H and O–H groups in total. The number of aryl methyl sites for hydroxylation is 2. The molecular formula is C60H48N4O. The number of rotatable bonds is 8. The number of nitrogens with zero attached hydrogens (tertiary/aromatic N) is 4. The lowest BCUT2D eigenvalue weighted by atomic mass is 9.88. The fourth-order valence-corrected chi connectivity index (χ4v) is 8.54. The first-order valence-corrected chi connectivity index (χ1v) is 21.0. The zero-order valence-corrected chi connectivity index (χ0v) is 35.5. The van der Waals surface area contributed by atoms with Crippen molar-refractivity contribution < 1.29 is 31.2 Å². The standard InChI is InChI=1S/C60H48N4O/c1-40-18-16-19-41(2)58(40)44-34-51(42-20-8-6-9-21-42)59(52(35-44)43-22-10-7-11-23-43)63-39-62(54-28-14-15-29-55(54)63)46-24-17-25-47(37-46)65-48-30-31-50-49-26-12-13-27-53(49)64(56(50)38-48)57-36-45(32-33-61-57)60(3,4)5/h6-38H,1-5H3/i1D3,2D3,6D,7D,8D,9D,10D,11D,20D,21D,22D,23D. The van der Waals surface area contributed by atoms with Crippen LogP contribution in [0.2, 0.25) is 0 Å². The van der Waals surface area contributed by atoms with E-state index >= 15 is 0 Å². The number of imidazole rings is 1. The summed E-state index contributed by atoms with van der Waals surface area (Å²) in [7, 11) is 0. The van der Waals surface area contributed by atoms with Crippen LogP contribution in [0, 0.1) is 20.0 Å². The van der Waals surface area contributed by atoms with Crippen molar-refractivity contribution >= 4 is 32.8 Å². The molecule has 0 fully saturated rings. The minimum absolute atomic E-state index is 0.105. The quantitative estimate of drug-likeness (QED) is 0.113. The molecule has 0 spiro atoms. The first kappa shape index (κ1) is 25.9. The number of aromatic nitrogens is 4. The Morgan fingerprint density at radius 1 is 0.600 bits per heavy atom. The molecule has 0 radical (unpaired) electrons. The molecule has 0 saturated carbocycles. The van der Waals surface area contributed by atoms with Crippen LogP contribution in [0.15, 0.2) is 200 Å². The van der Waals surface area contributed by atoms with Crippen LogP contribution in [0.25, 0.3) is 83.4 Å². The molecule has 3 heterocycles. The number of benzene rings is 8. The highest BCUT2D eigenvalue weighted by Crippen LogP contribution is 2.41. The van der Waals surface area contributed by atoms with Crippen molar-refractivity contribution in [3.63, 3.8) is 0 Å². The predicted molar refractivity (Wildman–Crippen MR) is 267 cm³/mol. The lowest BCUT2D eigenvalue weighted by Gasteiger charge is -2.21. The second-order valence-electron chi connectivity index (χ2n) is 16.7. The Morgan fingerprint density at radius 2 is 1.25 bits per heavy atom. The van der Waals surface area contributed by atoms with E-state index in [4.69, 9.17) is 26.2 Å². The van der Waals surface area contributed by atoms with Crippen LogP contribution >= 0.6 is 0 Å². The highest BCUT2D eigenvalue weighted by Gasteiger charge is 2.23. The Kier molecular flexibility index (Phi) is 6.37. The number of hydrogen-bond acceptors (Lipinski definition) is 2. The summed E-state index contributed by atoms with van der Waals surface area (Å²) >= 11 is 0. The summed E-state index contributed by atoms with van der Waals surface area (Å²) in [5.41, 5.74) is 1.50. The van der Waals surface area contributed by atoms with Crippen molar-refractivity contribution in [2.75, 3.05) is 0 Å². The highest BCUT2D eigenvalue weighted by atomic mass is 16.5. The average Bonchev–Trinajstić information content (AvgIpc) is 4.25. The molecular weight excluding hydrogens is 793 g/mol. The fraction of sp³-hybridized carbons (Fsp3) is 0.100. The summed E-state index contributed by atoms with van der Waals surface area (Å²) in [6.07, 6.45) is 5.20. The van der Waals surface area contributed by atoms with Crippen molar-refractivity contribution in [2.45, 2.75) is 39.9 Å². The van der Waals surface area contributed by atoms with Gasteiger partial charge in [-0.25, -0.2) is 4.98 Å². The Balaban J connectivity index is 1.17. The maximum atomic E-state index is 9.37. The molecule has 0 unspecified atom stereocenters.